The van der Waals surface area contributed by atoms with E-state index in [0.29, 0.717) is 19.5 Å². The van der Waals surface area contributed by atoms with Gasteiger partial charge in [-0.2, -0.15) is 0 Å². The van der Waals surface area contributed by atoms with Crippen LogP contribution in [0, 0.1) is 5.82 Å². The van der Waals surface area contributed by atoms with Crippen LogP contribution < -0.4 is 4.74 Å². The quantitative estimate of drug-likeness (QED) is 0.795. The van der Waals surface area contributed by atoms with Crippen molar-refractivity contribution in [3.05, 3.63) is 65.1 Å². The first-order valence-electron chi connectivity index (χ1n) is 8.34. The van der Waals surface area contributed by atoms with Crippen LogP contribution in [0.5, 0.6) is 5.75 Å². The molecule has 0 saturated heterocycles. The Morgan fingerprint density at radius 1 is 1.24 bits per heavy atom. The first-order chi connectivity index (χ1) is 12.1. The molecule has 0 unspecified atom stereocenters. The smallest absolute Gasteiger partial charge is 0.227 e. The minimum absolute atomic E-state index is 0.0848. The number of ether oxygens (including phenoxy) is 1. The van der Waals surface area contributed by atoms with E-state index < -0.39 is 0 Å². The molecule has 4 rings (SSSR count). The average molecular weight is 338 g/mol. The van der Waals surface area contributed by atoms with Gasteiger partial charge in [0.05, 0.1) is 13.5 Å². The molecule has 0 atom stereocenters. The Kier molecular flexibility index (Phi) is 3.92. The Bertz CT molecular complexity index is 931. The SMILES string of the molecule is COc1ccc(CC(=O)N2CCc3[nH]c4ccc(F)cc4c3C2)cc1. The second-order valence-electron chi connectivity index (χ2n) is 6.36. The normalized spacial score (nSPS) is 13.8. The monoisotopic (exact) mass is 338 g/mol. The summed E-state index contributed by atoms with van der Waals surface area (Å²) < 4.78 is 18.7. The summed E-state index contributed by atoms with van der Waals surface area (Å²) in [6, 6.07) is 12.3. The van der Waals surface area contributed by atoms with Gasteiger partial charge in [0.15, 0.2) is 0 Å². The fraction of sp³-hybridized carbons (Fsp3) is 0.250. The molecule has 2 heterocycles. The molecular weight excluding hydrogens is 319 g/mol. The number of fused-ring (bicyclic) bond motifs is 3. The van der Waals surface area contributed by atoms with Crippen molar-refractivity contribution < 1.29 is 13.9 Å². The van der Waals surface area contributed by atoms with Crippen LogP contribution in [0.4, 0.5) is 4.39 Å². The van der Waals surface area contributed by atoms with Crippen molar-refractivity contribution in [3.63, 3.8) is 0 Å². The maximum atomic E-state index is 13.6. The summed E-state index contributed by atoms with van der Waals surface area (Å²) in [7, 11) is 1.62. The van der Waals surface area contributed by atoms with Gasteiger partial charge in [-0.15, -0.1) is 0 Å². The zero-order chi connectivity index (χ0) is 17.4. The van der Waals surface area contributed by atoms with Crippen molar-refractivity contribution in [2.24, 2.45) is 0 Å². The lowest BCUT2D eigenvalue weighted by atomic mass is 10.0. The van der Waals surface area contributed by atoms with Crippen LogP contribution in [0.25, 0.3) is 10.9 Å². The Labute approximate surface area is 145 Å². The van der Waals surface area contributed by atoms with Gasteiger partial charge in [0.25, 0.3) is 0 Å². The van der Waals surface area contributed by atoms with E-state index >= 15 is 0 Å². The number of carbonyl (C=O) groups excluding carboxylic acids is 1. The number of rotatable bonds is 3. The number of aromatic amines is 1. The van der Waals surface area contributed by atoms with E-state index in [1.54, 1.807) is 19.2 Å². The molecule has 1 aromatic heterocycles. The van der Waals surface area contributed by atoms with Gasteiger partial charge in [-0.25, -0.2) is 4.39 Å². The maximum absolute atomic E-state index is 13.6. The number of amides is 1. The van der Waals surface area contributed by atoms with E-state index in [1.165, 1.54) is 6.07 Å². The largest absolute Gasteiger partial charge is 0.497 e. The highest BCUT2D eigenvalue weighted by atomic mass is 19.1. The Morgan fingerprint density at radius 2 is 2.04 bits per heavy atom. The fourth-order valence-electron chi connectivity index (χ4n) is 3.43. The number of benzene rings is 2. The van der Waals surface area contributed by atoms with Gasteiger partial charge in [0, 0.05) is 41.7 Å². The van der Waals surface area contributed by atoms with Gasteiger partial charge < -0.3 is 14.6 Å². The number of methoxy groups -OCH3 is 1. The van der Waals surface area contributed by atoms with Gasteiger partial charge in [-0.3, -0.25) is 4.79 Å². The molecule has 1 aliphatic heterocycles. The van der Waals surface area contributed by atoms with Crippen LogP contribution >= 0.6 is 0 Å². The highest BCUT2D eigenvalue weighted by molar-refractivity contribution is 5.86. The summed E-state index contributed by atoms with van der Waals surface area (Å²) in [5.74, 6) is 0.609. The third kappa shape index (κ3) is 2.97. The average Bonchev–Trinajstić information content (AvgIpc) is 2.99. The molecule has 1 N–H and O–H groups in total. The van der Waals surface area contributed by atoms with Crippen LogP contribution in [-0.2, 0) is 24.2 Å². The van der Waals surface area contributed by atoms with Crippen molar-refractivity contribution in [2.75, 3.05) is 13.7 Å². The number of carbonyl (C=O) groups is 1. The summed E-state index contributed by atoms with van der Waals surface area (Å²) >= 11 is 0. The second kappa shape index (κ2) is 6.24. The molecule has 0 aliphatic carbocycles. The summed E-state index contributed by atoms with van der Waals surface area (Å²) in [5, 5.41) is 0.872. The van der Waals surface area contributed by atoms with Crippen LogP contribution in [0.3, 0.4) is 0 Å². The first-order valence-corrected chi connectivity index (χ1v) is 8.34. The molecule has 0 fully saturated rings. The first kappa shape index (κ1) is 15.7. The highest BCUT2D eigenvalue weighted by Gasteiger charge is 2.24. The predicted molar refractivity (Wildman–Crippen MR) is 94.1 cm³/mol. The van der Waals surface area contributed by atoms with Crippen LogP contribution in [0.2, 0.25) is 0 Å². The van der Waals surface area contributed by atoms with Gasteiger partial charge in [0.2, 0.25) is 5.91 Å². The summed E-state index contributed by atoms with van der Waals surface area (Å²) in [5.41, 5.74) is 4.02. The zero-order valence-electron chi connectivity index (χ0n) is 14.0. The lowest BCUT2D eigenvalue weighted by Crippen LogP contribution is -2.36. The summed E-state index contributed by atoms with van der Waals surface area (Å²) in [6.07, 6.45) is 1.12. The molecule has 3 aromatic rings. The molecular formula is C20H19FN2O2. The van der Waals surface area contributed by atoms with E-state index in [1.807, 2.05) is 29.2 Å². The van der Waals surface area contributed by atoms with E-state index in [9.17, 15) is 9.18 Å². The molecule has 128 valence electrons. The van der Waals surface area contributed by atoms with Crippen LogP contribution in [0.15, 0.2) is 42.5 Å². The maximum Gasteiger partial charge on any atom is 0.227 e. The molecule has 5 heteroatoms. The highest BCUT2D eigenvalue weighted by Crippen LogP contribution is 2.28. The third-order valence-corrected chi connectivity index (χ3v) is 4.80. The van der Waals surface area contributed by atoms with Crippen molar-refractivity contribution in [1.29, 1.82) is 0 Å². The van der Waals surface area contributed by atoms with Crippen molar-refractivity contribution in [2.45, 2.75) is 19.4 Å². The second-order valence-corrected chi connectivity index (χ2v) is 6.36. The Hall–Kier alpha value is -2.82. The zero-order valence-corrected chi connectivity index (χ0v) is 14.0. The van der Waals surface area contributed by atoms with Crippen molar-refractivity contribution in [1.82, 2.24) is 9.88 Å². The number of hydrogen-bond acceptors (Lipinski definition) is 2. The lowest BCUT2D eigenvalue weighted by Gasteiger charge is -2.27. The third-order valence-electron chi connectivity index (χ3n) is 4.80. The molecule has 0 spiro atoms. The minimum Gasteiger partial charge on any atom is -0.497 e. The molecule has 0 bridgehead atoms. The molecule has 1 aliphatic rings. The van der Waals surface area contributed by atoms with E-state index in [4.69, 9.17) is 4.74 Å². The van der Waals surface area contributed by atoms with E-state index in [0.717, 1.165) is 39.9 Å². The van der Waals surface area contributed by atoms with Gasteiger partial charge in [-0.05, 0) is 35.9 Å². The minimum atomic E-state index is -0.254. The molecule has 1 amide bonds. The fourth-order valence-corrected chi connectivity index (χ4v) is 3.43. The van der Waals surface area contributed by atoms with Crippen LogP contribution in [-0.4, -0.2) is 29.4 Å². The topological polar surface area (TPSA) is 45.3 Å². The number of H-pyrrole nitrogens is 1. The lowest BCUT2D eigenvalue weighted by molar-refractivity contribution is -0.131. The molecule has 0 radical (unpaired) electrons. The van der Waals surface area contributed by atoms with E-state index in [2.05, 4.69) is 4.98 Å². The van der Waals surface area contributed by atoms with E-state index in [-0.39, 0.29) is 11.7 Å². The Morgan fingerprint density at radius 3 is 2.80 bits per heavy atom. The molecule has 0 saturated carbocycles. The van der Waals surface area contributed by atoms with Gasteiger partial charge >= 0.3 is 0 Å². The number of hydrogen-bond donors (Lipinski definition) is 1. The van der Waals surface area contributed by atoms with Crippen molar-refractivity contribution in [3.8, 4) is 5.75 Å². The van der Waals surface area contributed by atoms with Gasteiger partial charge in [-0.1, -0.05) is 12.1 Å². The molecule has 25 heavy (non-hydrogen) atoms. The summed E-state index contributed by atoms with van der Waals surface area (Å²) in [4.78, 5) is 17.9. The summed E-state index contributed by atoms with van der Waals surface area (Å²) in [6.45, 7) is 1.20. The predicted octanol–water partition coefficient (Wildman–Crippen LogP) is 3.44. The molecule has 2 aromatic carbocycles. The number of nitrogens with one attached hydrogen (secondary N) is 1. The number of aromatic nitrogens is 1. The van der Waals surface area contributed by atoms with Crippen LogP contribution in [0.1, 0.15) is 16.8 Å². The Balaban J connectivity index is 1.53. The van der Waals surface area contributed by atoms with Crippen molar-refractivity contribution >= 4 is 16.8 Å². The van der Waals surface area contributed by atoms with Gasteiger partial charge in [0.1, 0.15) is 11.6 Å². The number of nitrogens with zero attached hydrogens (tertiary/aromatic N) is 1. The standard InChI is InChI=1S/C20H19FN2O2/c1-25-15-5-2-13(3-6-15)10-20(24)23-9-8-19-17(12-23)16-11-14(21)4-7-18(16)22-19/h2-7,11,22H,8-10,12H2,1H3. The molecule has 4 nitrogen and oxygen atoms in total. The number of halogens is 1.